The predicted octanol–water partition coefficient (Wildman–Crippen LogP) is 5.65. The van der Waals surface area contributed by atoms with Crippen molar-refractivity contribution in [2.75, 3.05) is 5.32 Å². The number of ether oxygens (including phenoxy) is 1. The van der Waals surface area contributed by atoms with E-state index in [2.05, 4.69) is 33.2 Å². The molecule has 0 aliphatic carbocycles. The van der Waals surface area contributed by atoms with Crippen molar-refractivity contribution >= 4 is 63.1 Å². The zero-order valence-corrected chi connectivity index (χ0v) is 18.3. The topological polar surface area (TPSA) is 50.4 Å². The standard InChI is InChI=1S/C21H16ClIN2O2S/c22-15-5-11-18(12-6-15)27-13-14-3-1-2-4-19(14)20(26)25-21(28)24-17-9-7-16(23)8-10-17/h1-12H,13H2,(H2,24,25,26,28). The van der Waals surface area contributed by atoms with E-state index in [0.29, 0.717) is 16.3 Å². The molecule has 142 valence electrons. The van der Waals surface area contributed by atoms with Gasteiger partial charge >= 0.3 is 0 Å². The highest BCUT2D eigenvalue weighted by atomic mass is 127. The van der Waals surface area contributed by atoms with Gasteiger partial charge in [-0.05, 0) is 89.4 Å². The number of carbonyl (C=O) groups is 1. The van der Waals surface area contributed by atoms with Crippen LogP contribution >= 0.6 is 46.4 Å². The van der Waals surface area contributed by atoms with Gasteiger partial charge in [-0.3, -0.25) is 10.1 Å². The number of thiocarbonyl (C=S) groups is 1. The minimum absolute atomic E-state index is 0.236. The van der Waals surface area contributed by atoms with Gasteiger partial charge in [0, 0.05) is 25.4 Å². The Morgan fingerprint density at radius 1 is 1.00 bits per heavy atom. The second-order valence-electron chi connectivity index (χ2n) is 5.81. The molecule has 0 bridgehead atoms. The Morgan fingerprint density at radius 3 is 2.39 bits per heavy atom. The molecule has 2 N–H and O–H groups in total. The van der Waals surface area contributed by atoms with Gasteiger partial charge < -0.3 is 10.1 Å². The van der Waals surface area contributed by atoms with Crippen LogP contribution < -0.4 is 15.4 Å². The van der Waals surface area contributed by atoms with Crippen molar-refractivity contribution in [2.24, 2.45) is 0 Å². The Balaban J connectivity index is 1.63. The lowest BCUT2D eigenvalue weighted by Gasteiger charge is -2.13. The minimum atomic E-state index is -0.293. The van der Waals surface area contributed by atoms with Crippen LogP contribution in [0.2, 0.25) is 5.02 Å². The molecule has 1 amide bonds. The first-order valence-electron chi connectivity index (χ1n) is 8.35. The lowest BCUT2D eigenvalue weighted by molar-refractivity contribution is 0.0975. The molecule has 3 aromatic carbocycles. The highest BCUT2D eigenvalue weighted by Crippen LogP contribution is 2.18. The predicted molar refractivity (Wildman–Crippen MR) is 125 cm³/mol. The van der Waals surface area contributed by atoms with Gasteiger partial charge in [-0.2, -0.15) is 0 Å². The molecule has 0 aliphatic heterocycles. The smallest absolute Gasteiger partial charge is 0.257 e. The first kappa shape index (κ1) is 20.6. The van der Waals surface area contributed by atoms with E-state index in [1.165, 1.54) is 0 Å². The number of anilines is 1. The van der Waals surface area contributed by atoms with E-state index >= 15 is 0 Å². The summed E-state index contributed by atoms with van der Waals surface area (Å²) in [5.74, 6) is 0.383. The monoisotopic (exact) mass is 522 g/mol. The summed E-state index contributed by atoms with van der Waals surface area (Å²) in [6, 6.07) is 22.0. The molecular weight excluding hydrogens is 507 g/mol. The molecule has 0 aromatic heterocycles. The van der Waals surface area contributed by atoms with E-state index in [1.54, 1.807) is 36.4 Å². The van der Waals surface area contributed by atoms with E-state index in [0.717, 1.165) is 14.8 Å². The van der Waals surface area contributed by atoms with Gasteiger partial charge in [0.25, 0.3) is 5.91 Å². The molecule has 0 saturated carbocycles. The average molecular weight is 523 g/mol. The van der Waals surface area contributed by atoms with Crippen molar-refractivity contribution in [1.82, 2.24) is 5.32 Å². The van der Waals surface area contributed by atoms with E-state index in [4.69, 9.17) is 28.6 Å². The van der Waals surface area contributed by atoms with Crippen LogP contribution in [0.4, 0.5) is 5.69 Å². The number of halogens is 2. The third kappa shape index (κ3) is 5.92. The van der Waals surface area contributed by atoms with Gasteiger partial charge in [0.05, 0.1) is 0 Å². The molecule has 0 atom stereocenters. The Hall–Kier alpha value is -2.16. The highest BCUT2D eigenvalue weighted by molar-refractivity contribution is 14.1. The molecule has 3 aromatic rings. The lowest BCUT2D eigenvalue weighted by Crippen LogP contribution is -2.34. The van der Waals surface area contributed by atoms with Gasteiger partial charge in [0.15, 0.2) is 5.11 Å². The van der Waals surface area contributed by atoms with Crippen LogP contribution in [0, 0.1) is 3.57 Å². The molecule has 0 radical (unpaired) electrons. The third-order valence-electron chi connectivity index (χ3n) is 3.80. The number of carbonyl (C=O) groups excluding carboxylic acids is 1. The molecule has 4 nitrogen and oxygen atoms in total. The molecule has 0 unspecified atom stereocenters. The molecule has 0 saturated heterocycles. The maximum absolute atomic E-state index is 12.7. The average Bonchev–Trinajstić information content (AvgIpc) is 2.69. The zero-order chi connectivity index (χ0) is 19.9. The zero-order valence-electron chi connectivity index (χ0n) is 14.6. The van der Waals surface area contributed by atoms with Crippen LogP contribution in [0.15, 0.2) is 72.8 Å². The molecule has 0 fully saturated rings. The van der Waals surface area contributed by atoms with Crippen molar-refractivity contribution < 1.29 is 9.53 Å². The molecule has 0 aliphatic rings. The highest BCUT2D eigenvalue weighted by Gasteiger charge is 2.13. The Morgan fingerprint density at radius 2 is 1.68 bits per heavy atom. The number of nitrogens with one attached hydrogen (secondary N) is 2. The molecule has 28 heavy (non-hydrogen) atoms. The fourth-order valence-electron chi connectivity index (χ4n) is 2.43. The van der Waals surface area contributed by atoms with Gasteiger partial charge in [0.2, 0.25) is 0 Å². The minimum Gasteiger partial charge on any atom is -0.489 e. The molecule has 3 rings (SSSR count). The maximum atomic E-state index is 12.7. The van der Waals surface area contributed by atoms with Gasteiger partial charge in [-0.25, -0.2) is 0 Å². The summed E-state index contributed by atoms with van der Waals surface area (Å²) >= 11 is 13.4. The normalized spacial score (nSPS) is 10.2. The van der Waals surface area contributed by atoms with E-state index in [1.807, 2.05) is 36.4 Å². The van der Waals surface area contributed by atoms with Gasteiger partial charge in [-0.15, -0.1) is 0 Å². The van der Waals surface area contributed by atoms with E-state index in [-0.39, 0.29) is 17.6 Å². The van der Waals surface area contributed by atoms with Crippen LogP contribution in [-0.2, 0) is 6.61 Å². The molecular formula is C21H16ClIN2O2S. The number of benzene rings is 3. The first-order chi connectivity index (χ1) is 13.5. The van der Waals surface area contributed by atoms with Gasteiger partial charge in [-0.1, -0.05) is 29.8 Å². The summed E-state index contributed by atoms with van der Waals surface area (Å²) in [5, 5.41) is 6.59. The Kier molecular flexibility index (Phi) is 7.24. The summed E-state index contributed by atoms with van der Waals surface area (Å²) in [5.41, 5.74) is 2.07. The van der Waals surface area contributed by atoms with Crippen LogP contribution in [0.5, 0.6) is 5.75 Å². The van der Waals surface area contributed by atoms with Crippen LogP contribution in [0.3, 0.4) is 0 Å². The van der Waals surface area contributed by atoms with E-state index in [9.17, 15) is 4.79 Å². The Bertz CT molecular complexity index is 978. The van der Waals surface area contributed by atoms with Crippen LogP contribution in [-0.4, -0.2) is 11.0 Å². The molecule has 7 heteroatoms. The summed E-state index contributed by atoms with van der Waals surface area (Å²) in [6.07, 6.45) is 0. The largest absolute Gasteiger partial charge is 0.489 e. The van der Waals surface area contributed by atoms with Crippen molar-refractivity contribution in [3.8, 4) is 5.75 Å². The quantitative estimate of drug-likeness (QED) is 0.336. The fourth-order valence-corrected chi connectivity index (χ4v) is 3.12. The van der Waals surface area contributed by atoms with E-state index < -0.39 is 0 Å². The summed E-state index contributed by atoms with van der Waals surface area (Å²) < 4.78 is 6.88. The summed E-state index contributed by atoms with van der Waals surface area (Å²) in [7, 11) is 0. The SMILES string of the molecule is O=C(NC(=S)Nc1ccc(I)cc1)c1ccccc1COc1ccc(Cl)cc1. The second-order valence-corrected chi connectivity index (χ2v) is 7.91. The van der Waals surface area contributed by atoms with Crippen molar-refractivity contribution in [3.05, 3.63) is 92.5 Å². The molecule has 0 spiro atoms. The third-order valence-corrected chi connectivity index (χ3v) is 4.97. The summed E-state index contributed by atoms with van der Waals surface area (Å²) in [6.45, 7) is 0.253. The molecule has 0 heterocycles. The summed E-state index contributed by atoms with van der Waals surface area (Å²) in [4.78, 5) is 12.7. The Labute approximate surface area is 187 Å². The number of rotatable bonds is 5. The fraction of sp³-hybridized carbons (Fsp3) is 0.0476. The van der Waals surface area contributed by atoms with Crippen LogP contribution in [0.1, 0.15) is 15.9 Å². The number of hydrogen-bond acceptors (Lipinski definition) is 3. The number of amides is 1. The second kappa shape index (κ2) is 9.86. The lowest BCUT2D eigenvalue weighted by atomic mass is 10.1. The number of hydrogen-bond donors (Lipinski definition) is 2. The van der Waals surface area contributed by atoms with Crippen LogP contribution in [0.25, 0.3) is 0 Å². The van der Waals surface area contributed by atoms with Crippen molar-refractivity contribution in [3.63, 3.8) is 0 Å². The maximum Gasteiger partial charge on any atom is 0.257 e. The van der Waals surface area contributed by atoms with Crippen molar-refractivity contribution in [2.45, 2.75) is 6.61 Å². The first-order valence-corrected chi connectivity index (χ1v) is 10.2. The van der Waals surface area contributed by atoms with Gasteiger partial charge in [0.1, 0.15) is 12.4 Å². The van der Waals surface area contributed by atoms with Crippen molar-refractivity contribution in [1.29, 1.82) is 0 Å².